The van der Waals surface area contributed by atoms with E-state index in [-0.39, 0.29) is 23.4 Å². The third-order valence-corrected chi connectivity index (χ3v) is 5.41. The number of hydrogen-bond donors (Lipinski definition) is 1. The van der Waals surface area contributed by atoms with Crippen molar-refractivity contribution >= 4 is 11.8 Å². The van der Waals surface area contributed by atoms with Crippen molar-refractivity contribution in [2.75, 3.05) is 0 Å². The highest BCUT2D eigenvalue weighted by Gasteiger charge is 2.56. The van der Waals surface area contributed by atoms with Crippen molar-refractivity contribution < 1.29 is 9.59 Å². The molecule has 0 radical (unpaired) electrons. The summed E-state index contributed by atoms with van der Waals surface area (Å²) < 4.78 is 0. The van der Waals surface area contributed by atoms with Gasteiger partial charge in [0.25, 0.3) is 0 Å². The molecule has 1 spiro atoms. The maximum absolute atomic E-state index is 13.0. The second kappa shape index (κ2) is 3.97. The molecule has 0 aromatic carbocycles. The van der Waals surface area contributed by atoms with Gasteiger partial charge in [0.1, 0.15) is 11.6 Å². The first-order valence-corrected chi connectivity index (χ1v) is 7.54. The number of nitrogens with one attached hydrogen (secondary N) is 1. The zero-order chi connectivity index (χ0) is 13.8. The maximum atomic E-state index is 13.0. The summed E-state index contributed by atoms with van der Waals surface area (Å²) in [6.45, 7) is 6.11. The summed E-state index contributed by atoms with van der Waals surface area (Å²) in [6, 6.07) is -0.339. The molecule has 1 unspecified atom stereocenters. The number of amides is 2. The van der Waals surface area contributed by atoms with Gasteiger partial charge in [0.2, 0.25) is 11.8 Å². The second-order valence-electron chi connectivity index (χ2n) is 7.06. The summed E-state index contributed by atoms with van der Waals surface area (Å²) in [5.74, 6) is 0.743. The zero-order valence-electron chi connectivity index (χ0n) is 12.2. The molecule has 1 saturated heterocycles. The molecule has 1 N–H and O–H groups in total. The van der Waals surface area contributed by atoms with Crippen molar-refractivity contribution in [1.29, 1.82) is 0 Å². The molecule has 3 fully saturated rings. The van der Waals surface area contributed by atoms with Gasteiger partial charge in [-0.05, 0) is 52.4 Å². The first-order chi connectivity index (χ1) is 8.88. The van der Waals surface area contributed by atoms with Crippen LogP contribution in [0, 0.1) is 5.92 Å². The minimum Gasteiger partial charge on any atom is -0.340 e. The van der Waals surface area contributed by atoms with Gasteiger partial charge in [-0.1, -0.05) is 12.8 Å². The molecular formula is C15H24N2O2. The fourth-order valence-electron chi connectivity index (χ4n) is 3.98. The summed E-state index contributed by atoms with van der Waals surface area (Å²) in [5, 5.41) is 3.02. The molecule has 3 aliphatic rings. The lowest BCUT2D eigenvalue weighted by Crippen LogP contribution is -2.73. The Labute approximate surface area is 114 Å². The van der Waals surface area contributed by atoms with E-state index in [1.165, 1.54) is 12.8 Å². The average Bonchev–Trinajstić information content (AvgIpc) is 3.10. The number of rotatable bonds is 2. The van der Waals surface area contributed by atoms with Crippen molar-refractivity contribution in [3.05, 3.63) is 0 Å². The molecule has 19 heavy (non-hydrogen) atoms. The highest BCUT2D eigenvalue weighted by Crippen LogP contribution is 2.46. The number of carbonyl (C=O) groups is 2. The molecule has 4 nitrogen and oxygen atoms in total. The van der Waals surface area contributed by atoms with Gasteiger partial charge in [-0.3, -0.25) is 9.59 Å². The van der Waals surface area contributed by atoms with E-state index >= 15 is 0 Å². The summed E-state index contributed by atoms with van der Waals surface area (Å²) in [5.41, 5.74) is -0.778. The summed E-state index contributed by atoms with van der Waals surface area (Å²) in [7, 11) is 0. The first kappa shape index (κ1) is 12.9. The Morgan fingerprint density at radius 1 is 1.21 bits per heavy atom. The van der Waals surface area contributed by atoms with E-state index in [4.69, 9.17) is 0 Å². The molecule has 1 atom stereocenters. The molecule has 0 aromatic rings. The van der Waals surface area contributed by atoms with Gasteiger partial charge in [0.15, 0.2) is 0 Å². The fraction of sp³-hybridized carbons (Fsp3) is 0.867. The van der Waals surface area contributed by atoms with E-state index < -0.39 is 5.54 Å². The third kappa shape index (κ3) is 1.79. The quantitative estimate of drug-likeness (QED) is 0.827. The van der Waals surface area contributed by atoms with Gasteiger partial charge in [0, 0.05) is 5.54 Å². The molecular weight excluding hydrogens is 240 g/mol. The van der Waals surface area contributed by atoms with Gasteiger partial charge >= 0.3 is 0 Å². The number of nitrogens with zero attached hydrogens (tertiary/aromatic N) is 1. The largest absolute Gasteiger partial charge is 0.340 e. The van der Waals surface area contributed by atoms with Crippen LogP contribution in [0.1, 0.15) is 59.3 Å². The predicted octanol–water partition coefficient (Wildman–Crippen LogP) is 1.83. The zero-order valence-corrected chi connectivity index (χ0v) is 12.2. The smallest absolute Gasteiger partial charge is 0.249 e. The normalized spacial score (nSPS) is 30.9. The lowest BCUT2D eigenvalue weighted by Gasteiger charge is -2.50. The number of hydrogen-bond acceptors (Lipinski definition) is 2. The van der Waals surface area contributed by atoms with Crippen LogP contribution < -0.4 is 5.32 Å². The Morgan fingerprint density at radius 2 is 1.79 bits per heavy atom. The van der Waals surface area contributed by atoms with Crippen LogP contribution in [-0.4, -0.2) is 33.8 Å². The molecule has 1 aliphatic heterocycles. The predicted molar refractivity (Wildman–Crippen MR) is 72.5 cm³/mol. The lowest BCUT2D eigenvalue weighted by atomic mass is 9.85. The van der Waals surface area contributed by atoms with Crippen LogP contribution in [0.4, 0.5) is 0 Å². The number of piperazine rings is 1. The van der Waals surface area contributed by atoms with Gasteiger partial charge in [-0.25, -0.2) is 0 Å². The topological polar surface area (TPSA) is 49.4 Å². The molecule has 1 heterocycles. The van der Waals surface area contributed by atoms with Crippen molar-refractivity contribution in [3.8, 4) is 0 Å². The molecule has 3 rings (SSSR count). The molecule has 0 bridgehead atoms. The Morgan fingerprint density at radius 3 is 2.32 bits per heavy atom. The molecule has 106 valence electrons. The van der Waals surface area contributed by atoms with Crippen molar-refractivity contribution in [2.24, 2.45) is 5.92 Å². The minimum absolute atomic E-state index is 0.0234. The van der Waals surface area contributed by atoms with Gasteiger partial charge < -0.3 is 10.2 Å². The van der Waals surface area contributed by atoms with Gasteiger partial charge in [-0.15, -0.1) is 0 Å². The Kier molecular flexibility index (Phi) is 2.70. The Balaban J connectivity index is 1.96. The minimum atomic E-state index is -0.588. The van der Waals surface area contributed by atoms with Crippen LogP contribution in [0.25, 0.3) is 0 Å². The monoisotopic (exact) mass is 264 g/mol. The van der Waals surface area contributed by atoms with Gasteiger partial charge in [-0.2, -0.15) is 0 Å². The van der Waals surface area contributed by atoms with Crippen LogP contribution in [0.2, 0.25) is 0 Å². The highest BCUT2D eigenvalue weighted by atomic mass is 16.2. The van der Waals surface area contributed by atoms with E-state index in [1.54, 1.807) is 0 Å². The first-order valence-electron chi connectivity index (χ1n) is 7.54. The van der Waals surface area contributed by atoms with E-state index in [9.17, 15) is 9.59 Å². The highest BCUT2D eigenvalue weighted by molar-refractivity contribution is 6.00. The number of carbonyl (C=O) groups excluding carboxylic acids is 2. The van der Waals surface area contributed by atoms with Gasteiger partial charge in [0.05, 0.1) is 0 Å². The van der Waals surface area contributed by atoms with Crippen LogP contribution in [0.3, 0.4) is 0 Å². The van der Waals surface area contributed by atoms with Crippen LogP contribution >= 0.6 is 0 Å². The Hall–Kier alpha value is -1.06. The molecule has 0 aromatic heterocycles. The SMILES string of the molecule is CC1C(=O)NC2(CCCC2)C(=O)N1C(C)(C)C1CC1. The van der Waals surface area contributed by atoms with Crippen LogP contribution in [0.15, 0.2) is 0 Å². The molecule has 2 amide bonds. The summed E-state index contributed by atoms with van der Waals surface area (Å²) in [6.07, 6.45) is 6.05. The van der Waals surface area contributed by atoms with Crippen molar-refractivity contribution in [2.45, 2.75) is 76.4 Å². The molecule has 2 saturated carbocycles. The van der Waals surface area contributed by atoms with Crippen molar-refractivity contribution in [3.63, 3.8) is 0 Å². The third-order valence-electron chi connectivity index (χ3n) is 5.41. The second-order valence-corrected chi connectivity index (χ2v) is 7.06. The molecule has 4 heteroatoms. The maximum Gasteiger partial charge on any atom is 0.249 e. The standard InChI is InChI=1S/C15H24N2O2/c1-10-12(18)16-15(8-4-5-9-15)13(19)17(10)14(2,3)11-6-7-11/h10-11H,4-9H2,1-3H3,(H,16,18). The summed E-state index contributed by atoms with van der Waals surface area (Å²) in [4.78, 5) is 27.2. The fourth-order valence-corrected chi connectivity index (χ4v) is 3.98. The van der Waals surface area contributed by atoms with Crippen LogP contribution in [0.5, 0.6) is 0 Å². The van der Waals surface area contributed by atoms with E-state index in [0.29, 0.717) is 5.92 Å². The van der Waals surface area contributed by atoms with Crippen molar-refractivity contribution in [1.82, 2.24) is 10.2 Å². The van der Waals surface area contributed by atoms with E-state index in [1.807, 2.05) is 11.8 Å². The lowest BCUT2D eigenvalue weighted by molar-refractivity contribution is -0.161. The van der Waals surface area contributed by atoms with Crippen LogP contribution in [-0.2, 0) is 9.59 Å². The Bertz CT molecular complexity index is 420. The average molecular weight is 264 g/mol. The van der Waals surface area contributed by atoms with E-state index in [2.05, 4.69) is 19.2 Å². The summed E-state index contributed by atoms with van der Waals surface area (Å²) >= 11 is 0. The molecule has 2 aliphatic carbocycles. The van der Waals surface area contributed by atoms with E-state index in [0.717, 1.165) is 25.7 Å².